The Morgan fingerprint density at radius 2 is 1.96 bits per heavy atom. The Balaban J connectivity index is 1.68. The topological polar surface area (TPSA) is 91.2 Å². The van der Waals surface area contributed by atoms with Gasteiger partial charge in [-0.3, -0.25) is 4.79 Å². The van der Waals surface area contributed by atoms with Crippen molar-refractivity contribution in [1.29, 1.82) is 0 Å². The van der Waals surface area contributed by atoms with E-state index in [2.05, 4.69) is 20.4 Å². The number of nitrogens with zero attached hydrogens (tertiary/aromatic N) is 4. The van der Waals surface area contributed by atoms with Gasteiger partial charge < -0.3 is 14.8 Å². The Morgan fingerprint density at radius 3 is 2.61 bits per heavy atom. The summed E-state index contributed by atoms with van der Waals surface area (Å²) in [6.45, 7) is 6.03. The van der Waals surface area contributed by atoms with Crippen LogP contribution < -0.4 is 14.8 Å². The number of amides is 1. The van der Waals surface area contributed by atoms with Gasteiger partial charge in [-0.25, -0.2) is 14.6 Å². The van der Waals surface area contributed by atoms with Crippen LogP contribution in [-0.2, 0) is 11.3 Å². The molecule has 148 valence electrons. The number of ether oxygens (including phenoxy) is 2. The first-order chi connectivity index (χ1) is 13.4. The first kappa shape index (κ1) is 19.8. The third-order valence-electron chi connectivity index (χ3n) is 4.27. The van der Waals surface area contributed by atoms with Gasteiger partial charge in [-0.2, -0.15) is 5.10 Å². The summed E-state index contributed by atoms with van der Waals surface area (Å²) in [5.41, 5.74) is 1.65. The Hall–Kier alpha value is -2.94. The summed E-state index contributed by atoms with van der Waals surface area (Å²) in [6, 6.07) is 5.59. The van der Waals surface area contributed by atoms with E-state index in [1.165, 1.54) is 11.3 Å². The molecule has 1 amide bonds. The van der Waals surface area contributed by atoms with Crippen LogP contribution >= 0.6 is 11.3 Å². The second-order valence-corrected chi connectivity index (χ2v) is 7.24. The third-order valence-corrected chi connectivity index (χ3v) is 5.03. The Morgan fingerprint density at radius 1 is 1.21 bits per heavy atom. The number of benzene rings is 1. The molecule has 3 aromatic rings. The number of rotatable bonds is 7. The van der Waals surface area contributed by atoms with Crippen molar-refractivity contribution in [1.82, 2.24) is 19.7 Å². The highest BCUT2D eigenvalue weighted by molar-refractivity contribution is 7.14. The van der Waals surface area contributed by atoms with E-state index >= 15 is 0 Å². The zero-order valence-electron chi connectivity index (χ0n) is 16.5. The summed E-state index contributed by atoms with van der Waals surface area (Å²) in [5, 5.41) is 9.63. The minimum absolute atomic E-state index is 0.110. The van der Waals surface area contributed by atoms with Crippen molar-refractivity contribution < 1.29 is 14.3 Å². The van der Waals surface area contributed by atoms with Gasteiger partial charge >= 0.3 is 0 Å². The second kappa shape index (κ2) is 8.39. The monoisotopic (exact) mass is 401 g/mol. The molecule has 0 aliphatic rings. The predicted octanol–water partition coefficient (Wildman–Crippen LogP) is 3.31. The normalized spacial score (nSPS) is 11.9. The van der Waals surface area contributed by atoms with Crippen LogP contribution in [0.1, 0.15) is 18.6 Å². The molecule has 2 heterocycles. The Kier molecular flexibility index (Phi) is 5.93. The van der Waals surface area contributed by atoms with Crippen LogP contribution in [0.25, 0.3) is 11.3 Å². The number of anilines is 1. The molecule has 0 bridgehead atoms. The third kappa shape index (κ3) is 4.30. The van der Waals surface area contributed by atoms with Crippen LogP contribution in [0.4, 0.5) is 5.13 Å². The van der Waals surface area contributed by atoms with Crippen LogP contribution in [0.2, 0.25) is 0 Å². The Bertz CT molecular complexity index is 982. The lowest BCUT2D eigenvalue weighted by Crippen LogP contribution is -2.25. The van der Waals surface area contributed by atoms with E-state index in [4.69, 9.17) is 9.47 Å². The zero-order chi connectivity index (χ0) is 20.3. The number of methoxy groups -OCH3 is 2. The molecule has 1 unspecified atom stereocenters. The van der Waals surface area contributed by atoms with Crippen LogP contribution in [0.15, 0.2) is 23.6 Å². The quantitative estimate of drug-likeness (QED) is 0.653. The number of carbonyl (C=O) groups is 1. The standard InChI is InChI=1S/C19H23N5O3S/c1-11(9-24-13(3)20-12(2)23-24)18(25)22-19-21-15(10-28-19)14-6-7-16(26-4)17(8-14)27-5/h6-8,10-11H,9H2,1-5H3,(H,21,22,25). The molecule has 8 nitrogen and oxygen atoms in total. The van der Waals surface area contributed by atoms with Crippen LogP contribution in [0.5, 0.6) is 11.5 Å². The van der Waals surface area contributed by atoms with Crippen molar-refractivity contribution in [3.63, 3.8) is 0 Å². The van der Waals surface area contributed by atoms with E-state index in [-0.39, 0.29) is 11.8 Å². The molecule has 2 aromatic heterocycles. The van der Waals surface area contributed by atoms with E-state index in [1.807, 2.05) is 44.4 Å². The fourth-order valence-corrected chi connectivity index (χ4v) is 3.49. The molecule has 0 aliphatic carbocycles. The van der Waals surface area contributed by atoms with Gasteiger partial charge in [0.25, 0.3) is 0 Å². The van der Waals surface area contributed by atoms with E-state index in [1.54, 1.807) is 18.9 Å². The molecule has 1 N–H and O–H groups in total. The van der Waals surface area contributed by atoms with Crippen molar-refractivity contribution in [2.24, 2.45) is 5.92 Å². The van der Waals surface area contributed by atoms with Crippen LogP contribution in [0.3, 0.4) is 0 Å². The van der Waals surface area contributed by atoms with Crippen molar-refractivity contribution in [2.45, 2.75) is 27.3 Å². The summed E-state index contributed by atoms with van der Waals surface area (Å²) in [4.78, 5) is 21.3. The van der Waals surface area contributed by atoms with Crippen molar-refractivity contribution >= 4 is 22.4 Å². The number of thiazole rings is 1. The zero-order valence-corrected chi connectivity index (χ0v) is 17.3. The van der Waals surface area contributed by atoms with Gasteiger partial charge in [0, 0.05) is 10.9 Å². The maximum absolute atomic E-state index is 12.5. The minimum atomic E-state index is -0.270. The summed E-state index contributed by atoms with van der Waals surface area (Å²) in [5.74, 6) is 2.40. The van der Waals surface area contributed by atoms with E-state index in [0.717, 1.165) is 17.1 Å². The fraction of sp³-hybridized carbons (Fsp3) is 0.368. The molecule has 3 rings (SSSR count). The first-order valence-corrected chi connectivity index (χ1v) is 9.66. The molecule has 0 spiro atoms. The van der Waals surface area contributed by atoms with E-state index < -0.39 is 0 Å². The fourth-order valence-electron chi connectivity index (χ4n) is 2.76. The maximum atomic E-state index is 12.5. The SMILES string of the molecule is COc1ccc(-c2csc(NC(=O)C(C)Cn3nc(C)nc3C)n2)cc1OC. The second-order valence-electron chi connectivity index (χ2n) is 6.39. The lowest BCUT2D eigenvalue weighted by atomic mass is 10.1. The van der Waals surface area contributed by atoms with Crippen LogP contribution in [-0.4, -0.2) is 39.9 Å². The largest absolute Gasteiger partial charge is 0.493 e. The Labute approximate surface area is 167 Å². The number of carbonyl (C=O) groups excluding carboxylic acids is 1. The molecule has 0 fully saturated rings. The minimum Gasteiger partial charge on any atom is -0.493 e. The number of hydrogen-bond acceptors (Lipinski definition) is 7. The highest BCUT2D eigenvalue weighted by Crippen LogP contribution is 2.33. The predicted molar refractivity (Wildman–Crippen MR) is 108 cm³/mol. The molecule has 1 aromatic carbocycles. The van der Waals surface area contributed by atoms with Gasteiger partial charge in [0.15, 0.2) is 16.6 Å². The molecular formula is C19H23N5O3S. The summed E-state index contributed by atoms with van der Waals surface area (Å²) in [7, 11) is 3.19. The molecular weight excluding hydrogens is 378 g/mol. The van der Waals surface area contributed by atoms with Crippen molar-refractivity contribution in [3.05, 3.63) is 35.2 Å². The molecule has 28 heavy (non-hydrogen) atoms. The summed E-state index contributed by atoms with van der Waals surface area (Å²) in [6.07, 6.45) is 0. The average molecular weight is 401 g/mol. The lowest BCUT2D eigenvalue weighted by molar-refractivity contribution is -0.119. The first-order valence-electron chi connectivity index (χ1n) is 8.78. The molecule has 0 aliphatic heterocycles. The van der Waals surface area contributed by atoms with Gasteiger partial charge in [0.2, 0.25) is 5.91 Å². The lowest BCUT2D eigenvalue weighted by Gasteiger charge is -2.11. The van der Waals surface area contributed by atoms with Gasteiger partial charge in [-0.15, -0.1) is 11.3 Å². The van der Waals surface area contributed by atoms with E-state index in [0.29, 0.717) is 29.0 Å². The molecule has 0 saturated carbocycles. The average Bonchev–Trinajstić information content (AvgIpc) is 3.27. The molecule has 0 saturated heterocycles. The highest BCUT2D eigenvalue weighted by Gasteiger charge is 2.18. The molecule has 0 radical (unpaired) electrons. The van der Waals surface area contributed by atoms with Gasteiger partial charge in [0.1, 0.15) is 11.6 Å². The highest BCUT2D eigenvalue weighted by atomic mass is 32.1. The summed E-state index contributed by atoms with van der Waals surface area (Å²) >= 11 is 1.38. The van der Waals surface area contributed by atoms with Gasteiger partial charge in [0.05, 0.1) is 32.4 Å². The summed E-state index contributed by atoms with van der Waals surface area (Å²) < 4.78 is 12.3. The van der Waals surface area contributed by atoms with Crippen molar-refractivity contribution in [2.75, 3.05) is 19.5 Å². The van der Waals surface area contributed by atoms with E-state index in [9.17, 15) is 4.79 Å². The number of hydrogen-bond donors (Lipinski definition) is 1. The number of nitrogens with one attached hydrogen (secondary N) is 1. The van der Waals surface area contributed by atoms with Gasteiger partial charge in [-0.05, 0) is 32.0 Å². The maximum Gasteiger partial charge on any atom is 0.230 e. The molecule has 1 atom stereocenters. The number of aryl methyl sites for hydroxylation is 2. The molecule has 9 heteroatoms. The smallest absolute Gasteiger partial charge is 0.230 e. The number of aromatic nitrogens is 4. The van der Waals surface area contributed by atoms with Crippen molar-refractivity contribution in [3.8, 4) is 22.8 Å². The van der Waals surface area contributed by atoms with Crippen LogP contribution in [0, 0.1) is 19.8 Å². The van der Waals surface area contributed by atoms with Gasteiger partial charge in [-0.1, -0.05) is 6.92 Å².